The number of carbonyl (C=O) groups is 2. The fraction of sp³-hybridized carbons (Fsp3) is 0.125. The summed E-state index contributed by atoms with van der Waals surface area (Å²) in [4.78, 5) is 33.0. The van der Waals surface area contributed by atoms with Crippen LogP contribution in [0.25, 0.3) is 6.08 Å². The molecule has 4 rings (SSSR count). The molecule has 0 fully saturated rings. The monoisotopic (exact) mass is 415 g/mol. The van der Waals surface area contributed by atoms with Crippen LogP contribution in [0.15, 0.2) is 82.9 Å². The normalized spacial score (nSPS) is 14.5. The molecule has 5 nitrogen and oxygen atoms in total. The third-order valence-electron chi connectivity index (χ3n) is 4.72. The highest BCUT2D eigenvalue weighted by atomic mass is 32.2. The molecule has 6 heteroatoms. The molecule has 150 valence electrons. The summed E-state index contributed by atoms with van der Waals surface area (Å²) in [6.45, 7) is 2.36. The number of fused-ring (bicyclic) bond motifs is 1. The van der Waals surface area contributed by atoms with Crippen LogP contribution in [0.3, 0.4) is 0 Å². The highest BCUT2D eigenvalue weighted by molar-refractivity contribution is 8.04. The Kier molecular flexibility index (Phi) is 5.95. The molecule has 2 heterocycles. The van der Waals surface area contributed by atoms with E-state index in [9.17, 15) is 9.59 Å². The van der Waals surface area contributed by atoms with Crippen LogP contribution in [-0.2, 0) is 16.1 Å². The van der Waals surface area contributed by atoms with Crippen molar-refractivity contribution in [3.05, 3.63) is 94.7 Å². The Balaban J connectivity index is 1.55. The summed E-state index contributed by atoms with van der Waals surface area (Å²) >= 11 is 1.44. The molecule has 0 spiro atoms. The number of benzene rings is 2. The van der Waals surface area contributed by atoms with Gasteiger partial charge >= 0.3 is 0 Å². The zero-order chi connectivity index (χ0) is 20.9. The van der Waals surface area contributed by atoms with Crippen LogP contribution < -0.4 is 10.2 Å². The van der Waals surface area contributed by atoms with E-state index in [2.05, 4.69) is 10.3 Å². The van der Waals surface area contributed by atoms with Crippen LogP contribution in [0, 0.1) is 6.92 Å². The fourth-order valence-electron chi connectivity index (χ4n) is 3.14. The van der Waals surface area contributed by atoms with Crippen molar-refractivity contribution in [2.24, 2.45) is 0 Å². The first-order chi connectivity index (χ1) is 14.6. The Morgan fingerprint density at radius 3 is 2.67 bits per heavy atom. The van der Waals surface area contributed by atoms with Gasteiger partial charge in [-0.05, 0) is 42.3 Å². The van der Waals surface area contributed by atoms with Gasteiger partial charge in [-0.1, -0.05) is 59.8 Å². The second kappa shape index (κ2) is 8.97. The topological polar surface area (TPSA) is 62.3 Å². The first kappa shape index (κ1) is 19.9. The second-order valence-corrected chi connectivity index (χ2v) is 8.10. The number of rotatable bonds is 5. The maximum absolute atomic E-state index is 13.2. The molecule has 0 atom stereocenters. The average molecular weight is 416 g/mol. The number of para-hydroxylation sites is 1. The zero-order valence-corrected chi connectivity index (χ0v) is 17.4. The lowest BCUT2D eigenvalue weighted by molar-refractivity contribution is -0.122. The van der Waals surface area contributed by atoms with Crippen LogP contribution in [0.2, 0.25) is 0 Å². The van der Waals surface area contributed by atoms with Crippen molar-refractivity contribution < 1.29 is 9.59 Å². The first-order valence-corrected chi connectivity index (χ1v) is 10.4. The number of hydrogen-bond acceptors (Lipinski definition) is 4. The molecule has 1 aromatic heterocycles. The minimum Gasteiger partial charge on any atom is -0.350 e. The van der Waals surface area contributed by atoms with Crippen molar-refractivity contribution in [1.29, 1.82) is 0 Å². The Morgan fingerprint density at radius 2 is 1.90 bits per heavy atom. The highest BCUT2D eigenvalue weighted by Crippen LogP contribution is 2.41. The number of pyridine rings is 1. The number of aryl methyl sites for hydroxylation is 1. The summed E-state index contributed by atoms with van der Waals surface area (Å²) in [6, 6.07) is 19.4. The maximum atomic E-state index is 13.2. The third kappa shape index (κ3) is 4.60. The van der Waals surface area contributed by atoms with Gasteiger partial charge in [0.25, 0.3) is 5.91 Å². The van der Waals surface area contributed by atoms with Crippen molar-refractivity contribution >= 4 is 35.3 Å². The molecule has 0 saturated carbocycles. The van der Waals surface area contributed by atoms with Gasteiger partial charge < -0.3 is 5.32 Å². The van der Waals surface area contributed by atoms with E-state index in [1.807, 2.05) is 73.7 Å². The first-order valence-electron chi connectivity index (χ1n) is 9.63. The summed E-state index contributed by atoms with van der Waals surface area (Å²) in [5, 5.41) is 2.87. The van der Waals surface area contributed by atoms with Crippen LogP contribution in [0.5, 0.6) is 0 Å². The molecular formula is C24H21N3O2S. The number of nitrogens with one attached hydrogen (secondary N) is 1. The zero-order valence-electron chi connectivity index (χ0n) is 16.5. The minimum absolute atomic E-state index is 0.0398. The Hall–Kier alpha value is -3.38. The number of anilines is 1. The van der Waals surface area contributed by atoms with Gasteiger partial charge in [-0.3, -0.25) is 19.5 Å². The van der Waals surface area contributed by atoms with Gasteiger partial charge in [0.1, 0.15) is 6.54 Å². The van der Waals surface area contributed by atoms with Gasteiger partial charge in [0.15, 0.2) is 0 Å². The maximum Gasteiger partial charge on any atom is 0.265 e. The SMILES string of the molecule is Cc1ccc(C=C2Sc3ccccc3N(CC(=O)NCc3cccnc3)C2=O)cc1. The van der Waals surface area contributed by atoms with Crippen LogP contribution in [0.1, 0.15) is 16.7 Å². The van der Waals surface area contributed by atoms with Crippen molar-refractivity contribution in [2.75, 3.05) is 11.4 Å². The Labute approximate surface area is 179 Å². The lowest BCUT2D eigenvalue weighted by Crippen LogP contribution is -2.42. The van der Waals surface area contributed by atoms with E-state index in [0.717, 1.165) is 27.3 Å². The summed E-state index contributed by atoms with van der Waals surface area (Å²) in [5.74, 6) is -0.389. The van der Waals surface area contributed by atoms with Crippen molar-refractivity contribution in [1.82, 2.24) is 10.3 Å². The predicted molar refractivity (Wildman–Crippen MR) is 120 cm³/mol. The summed E-state index contributed by atoms with van der Waals surface area (Å²) in [5.41, 5.74) is 3.78. The number of amides is 2. The molecule has 1 aliphatic rings. The van der Waals surface area contributed by atoms with Gasteiger partial charge in [0.05, 0.1) is 10.6 Å². The van der Waals surface area contributed by atoms with E-state index >= 15 is 0 Å². The molecule has 0 aliphatic carbocycles. The molecule has 2 aromatic carbocycles. The third-order valence-corrected chi connectivity index (χ3v) is 5.80. The van der Waals surface area contributed by atoms with E-state index in [1.54, 1.807) is 17.3 Å². The van der Waals surface area contributed by atoms with Gasteiger partial charge in [0.2, 0.25) is 5.91 Å². The predicted octanol–water partition coefficient (Wildman–Crippen LogP) is 4.19. The number of carbonyl (C=O) groups excluding carboxylic acids is 2. The van der Waals surface area contributed by atoms with E-state index in [4.69, 9.17) is 0 Å². The van der Waals surface area contributed by atoms with Gasteiger partial charge in [-0.15, -0.1) is 0 Å². The quantitative estimate of drug-likeness (QED) is 0.635. The Bertz CT molecular complexity index is 1090. The molecular weight excluding hydrogens is 394 g/mol. The standard InChI is InChI=1S/C24H21N3O2S/c1-17-8-10-18(11-9-17)13-22-24(29)27(20-6-2-3-7-21(20)30-22)16-23(28)26-15-19-5-4-12-25-14-19/h2-14H,15-16H2,1H3,(H,26,28). The molecule has 0 radical (unpaired) electrons. The minimum atomic E-state index is -0.219. The molecule has 1 N–H and O–H groups in total. The van der Waals surface area contributed by atoms with E-state index in [0.29, 0.717) is 11.4 Å². The van der Waals surface area contributed by atoms with Crippen LogP contribution >= 0.6 is 11.8 Å². The smallest absolute Gasteiger partial charge is 0.265 e. The molecule has 0 saturated heterocycles. The fourth-order valence-corrected chi connectivity index (χ4v) is 4.19. The second-order valence-electron chi connectivity index (χ2n) is 7.02. The van der Waals surface area contributed by atoms with Crippen molar-refractivity contribution in [3.8, 4) is 0 Å². The van der Waals surface area contributed by atoms with Gasteiger partial charge in [0, 0.05) is 23.8 Å². The lowest BCUT2D eigenvalue weighted by Gasteiger charge is -2.29. The molecule has 30 heavy (non-hydrogen) atoms. The summed E-state index contributed by atoms with van der Waals surface area (Å²) in [6.07, 6.45) is 5.28. The number of nitrogens with zero attached hydrogens (tertiary/aromatic N) is 2. The largest absolute Gasteiger partial charge is 0.350 e. The number of thioether (sulfide) groups is 1. The summed E-state index contributed by atoms with van der Waals surface area (Å²) < 4.78 is 0. The number of aromatic nitrogens is 1. The molecule has 1 aliphatic heterocycles. The van der Waals surface area contributed by atoms with Gasteiger partial charge in [-0.2, -0.15) is 0 Å². The van der Waals surface area contributed by atoms with Crippen molar-refractivity contribution in [2.45, 2.75) is 18.4 Å². The Morgan fingerprint density at radius 1 is 1.10 bits per heavy atom. The van der Waals surface area contributed by atoms with E-state index in [-0.39, 0.29) is 18.4 Å². The van der Waals surface area contributed by atoms with E-state index in [1.165, 1.54) is 11.8 Å². The van der Waals surface area contributed by atoms with Crippen LogP contribution in [-0.4, -0.2) is 23.3 Å². The average Bonchev–Trinajstić information content (AvgIpc) is 2.77. The van der Waals surface area contributed by atoms with Crippen LogP contribution in [0.4, 0.5) is 5.69 Å². The molecule has 0 bridgehead atoms. The summed E-state index contributed by atoms with van der Waals surface area (Å²) in [7, 11) is 0. The van der Waals surface area contributed by atoms with E-state index < -0.39 is 0 Å². The van der Waals surface area contributed by atoms with Gasteiger partial charge in [-0.25, -0.2) is 0 Å². The molecule has 2 amide bonds. The number of hydrogen-bond donors (Lipinski definition) is 1. The highest BCUT2D eigenvalue weighted by Gasteiger charge is 2.30. The molecule has 0 unspecified atom stereocenters. The molecule has 3 aromatic rings. The van der Waals surface area contributed by atoms with Crippen molar-refractivity contribution in [3.63, 3.8) is 0 Å². The lowest BCUT2D eigenvalue weighted by atomic mass is 10.1.